The highest BCUT2D eigenvalue weighted by molar-refractivity contribution is 6.35. The second-order valence-corrected chi connectivity index (χ2v) is 10.6. The van der Waals surface area contributed by atoms with Gasteiger partial charge in [-0.05, 0) is 36.2 Å². The van der Waals surface area contributed by atoms with E-state index in [4.69, 9.17) is 0 Å². The first-order valence-electron chi connectivity index (χ1n) is 12.7. The highest BCUT2D eigenvalue weighted by atomic mass is 16.4. The summed E-state index contributed by atoms with van der Waals surface area (Å²) < 4.78 is 0. The number of amides is 4. The molecule has 0 saturated carbocycles. The van der Waals surface area contributed by atoms with Gasteiger partial charge in [-0.25, -0.2) is 9.80 Å². The summed E-state index contributed by atoms with van der Waals surface area (Å²) in [6.45, 7) is 12.5. The molecule has 0 unspecified atom stereocenters. The maximum Gasteiger partial charge on any atom is 0.408 e. The molecule has 0 aliphatic carbocycles. The monoisotopic (exact) mass is 518 g/mol. The minimum absolute atomic E-state index is 0.000435. The van der Waals surface area contributed by atoms with Gasteiger partial charge in [0.25, 0.3) is 5.91 Å². The molecule has 0 heterocycles. The van der Waals surface area contributed by atoms with Crippen LogP contribution >= 0.6 is 0 Å². The molecule has 3 N–H and O–H groups in total. The molecule has 0 bridgehead atoms. The van der Waals surface area contributed by atoms with Gasteiger partial charge in [0, 0.05) is 20.0 Å². The average Bonchev–Trinajstić information content (AvgIpc) is 2.79. The van der Waals surface area contributed by atoms with Crippen molar-refractivity contribution in [1.29, 1.82) is 0 Å². The van der Waals surface area contributed by atoms with E-state index >= 15 is 0 Å². The molecule has 10 heteroatoms. The molecule has 0 aliphatic rings. The van der Waals surface area contributed by atoms with Gasteiger partial charge in [-0.15, -0.1) is 0 Å². The van der Waals surface area contributed by atoms with Crippen molar-refractivity contribution in [3.63, 3.8) is 0 Å². The van der Waals surface area contributed by atoms with Gasteiger partial charge in [0.15, 0.2) is 0 Å². The molecule has 4 amide bonds. The molecule has 1 aromatic carbocycles. The molecule has 0 fully saturated rings. The van der Waals surface area contributed by atoms with E-state index in [1.807, 2.05) is 47.6 Å². The number of nitrogens with zero attached hydrogens (tertiary/aromatic N) is 2. The number of rotatable bonds is 13. The first-order chi connectivity index (χ1) is 17.2. The standard InChI is InChI=1S/C27H42N4O6/c1-17(2)13-22(24(33)29-31(15-19(5)6)26(35)20(7)32)28-25(34)23(14-18(3)4)30(27(36)37)16-21-11-9-8-10-12-21/h8-12,17-19,22-23H,13-16H2,1-7H3,(H,28,34)(H,29,33)(H,36,37)/t22-,23-/m0/s1. The van der Waals surface area contributed by atoms with Crippen molar-refractivity contribution < 1.29 is 29.1 Å². The number of carbonyl (C=O) groups is 5. The van der Waals surface area contributed by atoms with Crippen LogP contribution in [0.4, 0.5) is 4.79 Å². The van der Waals surface area contributed by atoms with Crippen LogP contribution in [-0.4, -0.2) is 63.2 Å². The van der Waals surface area contributed by atoms with Crippen LogP contribution in [-0.2, 0) is 25.7 Å². The summed E-state index contributed by atoms with van der Waals surface area (Å²) in [5, 5.41) is 13.7. The predicted molar refractivity (Wildman–Crippen MR) is 140 cm³/mol. The minimum atomic E-state index is -1.25. The van der Waals surface area contributed by atoms with Gasteiger partial charge < -0.3 is 10.4 Å². The SMILES string of the molecule is CC(=O)C(=O)N(CC(C)C)NC(=O)[C@H](CC(C)C)NC(=O)[C@H](CC(C)C)N(Cc1ccccc1)C(=O)O. The number of nitrogens with one attached hydrogen (secondary N) is 2. The molecule has 0 saturated heterocycles. The van der Waals surface area contributed by atoms with Gasteiger partial charge in [0.05, 0.1) is 0 Å². The van der Waals surface area contributed by atoms with E-state index < -0.39 is 41.7 Å². The average molecular weight is 519 g/mol. The first-order valence-corrected chi connectivity index (χ1v) is 12.7. The lowest BCUT2D eigenvalue weighted by Crippen LogP contribution is -2.59. The molecular weight excluding hydrogens is 476 g/mol. The lowest BCUT2D eigenvalue weighted by Gasteiger charge is -2.32. The van der Waals surface area contributed by atoms with E-state index in [0.717, 1.165) is 22.4 Å². The lowest BCUT2D eigenvalue weighted by molar-refractivity contribution is -0.150. The molecule has 1 aromatic rings. The summed E-state index contributed by atoms with van der Waals surface area (Å²) in [5.74, 6) is -2.84. The molecule has 37 heavy (non-hydrogen) atoms. The topological polar surface area (TPSA) is 136 Å². The Kier molecular flexibility index (Phi) is 12.8. The first kappa shape index (κ1) is 31.6. The number of carbonyl (C=O) groups excluding carboxylic acids is 4. The summed E-state index contributed by atoms with van der Waals surface area (Å²) in [6, 6.07) is 6.90. The van der Waals surface area contributed by atoms with Crippen LogP contribution in [0.1, 0.15) is 66.9 Å². The maximum atomic E-state index is 13.5. The van der Waals surface area contributed by atoms with Crippen molar-refractivity contribution in [3.8, 4) is 0 Å². The Bertz CT molecular complexity index is 932. The summed E-state index contributed by atoms with van der Waals surface area (Å²) in [7, 11) is 0. The van der Waals surface area contributed by atoms with Crippen molar-refractivity contribution in [2.45, 2.75) is 79.9 Å². The van der Waals surface area contributed by atoms with Crippen LogP contribution in [0.3, 0.4) is 0 Å². The Balaban J connectivity index is 3.22. The minimum Gasteiger partial charge on any atom is -0.465 e. The van der Waals surface area contributed by atoms with E-state index in [1.165, 1.54) is 0 Å². The number of carboxylic acid groups (broad SMARTS) is 1. The van der Waals surface area contributed by atoms with Gasteiger partial charge in [0.2, 0.25) is 11.7 Å². The predicted octanol–water partition coefficient (Wildman–Crippen LogP) is 3.22. The fourth-order valence-corrected chi connectivity index (χ4v) is 3.83. The van der Waals surface area contributed by atoms with E-state index in [9.17, 15) is 29.1 Å². The number of hydrazine groups is 1. The lowest BCUT2D eigenvalue weighted by atomic mass is 9.99. The van der Waals surface area contributed by atoms with Gasteiger partial charge in [-0.2, -0.15) is 0 Å². The summed E-state index contributed by atoms with van der Waals surface area (Å²) >= 11 is 0. The van der Waals surface area contributed by atoms with Crippen LogP contribution in [0.5, 0.6) is 0 Å². The Hall–Kier alpha value is -3.43. The fourth-order valence-electron chi connectivity index (χ4n) is 3.83. The highest BCUT2D eigenvalue weighted by Crippen LogP contribution is 2.17. The van der Waals surface area contributed by atoms with Gasteiger partial charge in [0.1, 0.15) is 12.1 Å². The van der Waals surface area contributed by atoms with Crippen LogP contribution in [0.15, 0.2) is 30.3 Å². The zero-order valence-electron chi connectivity index (χ0n) is 23.0. The van der Waals surface area contributed by atoms with Crippen molar-refractivity contribution >= 4 is 29.6 Å². The van der Waals surface area contributed by atoms with Gasteiger partial charge in [-0.3, -0.25) is 29.5 Å². The zero-order chi connectivity index (χ0) is 28.3. The summed E-state index contributed by atoms with van der Waals surface area (Å²) in [5.41, 5.74) is 3.22. The Morgan fingerprint density at radius 3 is 1.86 bits per heavy atom. The fraction of sp³-hybridized carbons (Fsp3) is 0.593. The molecule has 1 rings (SSSR count). The third kappa shape index (κ3) is 11.0. The van der Waals surface area contributed by atoms with Crippen molar-refractivity contribution in [3.05, 3.63) is 35.9 Å². The molecule has 0 aromatic heterocycles. The number of benzene rings is 1. The number of ketones is 1. The molecule has 0 radical (unpaired) electrons. The molecule has 0 aliphatic heterocycles. The molecule has 206 valence electrons. The molecule has 0 spiro atoms. The van der Waals surface area contributed by atoms with Crippen LogP contribution < -0.4 is 10.7 Å². The highest BCUT2D eigenvalue weighted by Gasteiger charge is 2.34. The second kappa shape index (κ2) is 15.0. The number of hydrogen-bond donors (Lipinski definition) is 3. The van der Waals surface area contributed by atoms with Gasteiger partial charge in [-0.1, -0.05) is 71.9 Å². The molecular formula is C27H42N4O6. The van der Waals surface area contributed by atoms with Crippen molar-refractivity contribution in [2.24, 2.45) is 17.8 Å². The maximum absolute atomic E-state index is 13.5. The second-order valence-electron chi connectivity index (χ2n) is 10.6. The van der Waals surface area contributed by atoms with E-state index in [0.29, 0.717) is 0 Å². The summed E-state index contributed by atoms with van der Waals surface area (Å²) in [6.07, 6.45) is -0.741. The third-order valence-electron chi connectivity index (χ3n) is 5.49. The smallest absolute Gasteiger partial charge is 0.408 e. The largest absolute Gasteiger partial charge is 0.465 e. The van der Waals surface area contributed by atoms with E-state index in [2.05, 4.69) is 10.7 Å². The Morgan fingerprint density at radius 2 is 1.41 bits per heavy atom. The van der Waals surface area contributed by atoms with E-state index in [1.54, 1.807) is 24.3 Å². The quantitative estimate of drug-likeness (QED) is 0.271. The molecule has 10 nitrogen and oxygen atoms in total. The van der Waals surface area contributed by atoms with Crippen LogP contribution in [0.2, 0.25) is 0 Å². The number of Topliss-reactive ketones (excluding diaryl/α,β-unsaturated/α-hetero) is 1. The summed E-state index contributed by atoms with van der Waals surface area (Å²) in [4.78, 5) is 64.0. The number of hydrogen-bond acceptors (Lipinski definition) is 5. The van der Waals surface area contributed by atoms with Crippen LogP contribution in [0, 0.1) is 17.8 Å². The van der Waals surface area contributed by atoms with Crippen molar-refractivity contribution in [1.82, 2.24) is 20.7 Å². The van der Waals surface area contributed by atoms with Gasteiger partial charge >= 0.3 is 12.0 Å². The normalized spacial score (nSPS) is 12.7. The zero-order valence-corrected chi connectivity index (χ0v) is 23.0. The Labute approximate surface area is 219 Å². The van der Waals surface area contributed by atoms with E-state index in [-0.39, 0.29) is 43.7 Å². The Morgan fingerprint density at radius 1 is 0.838 bits per heavy atom. The van der Waals surface area contributed by atoms with Crippen molar-refractivity contribution in [2.75, 3.05) is 6.54 Å². The molecule has 2 atom stereocenters. The van der Waals surface area contributed by atoms with Crippen LogP contribution in [0.25, 0.3) is 0 Å². The third-order valence-corrected chi connectivity index (χ3v) is 5.49.